The lowest BCUT2D eigenvalue weighted by Crippen LogP contribution is -2.15. The second kappa shape index (κ2) is 5.56. The van der Waals surface area contributed by atoms with Crippen LogP contribution in [0.15, 0.2) is 0 Å². The van der Waals surface area contributed by atoms with E-state index in [2.05, 4.69) is 5.32 Å². The van der Waals surface area contributed by atoms with Gasteiger partial charge in [0.05, 0.1) is 12.7 Å². The van der Waals surface area contributed by atoms with Crippen molar-refractivity contribution >= 4 is 28.2 Å². The number of nitrogens with one attached hydrogen (secondary N) is 1. The van der Waals surface area contributed by atoms with Crippen molar-refractivity contribution < 1.29 is 14.3 Å². The maximum Gasteiger partial charge on any atom is 0.341 e. The second-order valence-electron chi connectivity index (χ2n) is 5.52. The van der Waals surface area contributed by atoms with Crippen LogP contribution in [-0.4, -0.2) is 19.0 Å². The molecule has 1 aromatic rings. The van der Waals surface area contributed by atoms with Crippen molar-refractivity contribution in [2.45, 2.75) is 44.9 Å². The van der Waals surface area contributed by atoms with E-state index in [4.69, 9.17) is 4.74 Å². The number of aryl methyl sites for hydroxylation is 1. The Balaban J connectivity index is 1.94. The van der Waals surface area contributed by atoms with Gasteiger partial charge in [0.2, 0.25) is 5.91 Å². The zero-order valence-corrected chi connectivity index (χ0v) is 12.5. The molecular formula is C15H19NO3S. The van der Waals surface area contributed by atoms with E-state index in [1.165, 1.54) is 18.4 Å². The predicted octanol–water partition coefficient (Wildman–Crippen LogP) is 3.15. The average Bonchev–Trinajstić information content (AvgIpc) is 3.25. The topological polar surface area (TPSA) is 55.4 Å². The molecule has 2 aliphatic carbocycles. The van der Waals surface area contributed by atoms with Crippen LogP contribution in [0.3, 0.4) is 0 Å². The number of ether oxygens (including phenoxy) is 1. The molecule has 1 amide bonds. The number of carbonyl (C=O) groups excluding carboxylic acids is 2. The predicted molar refractivity (Wildman–Crippen MR) is 78.3 cm³/mol. The Morgan fingerprint density at radius 2 is 1.95 bits per heavy atom. The van der Waals surface area contributed by atoms with Crippen molar-refractivity contribution in [3.05, 3.63) is 16.0 Å². The maximum absolute atomic E-state index is 12.1. The molecule has 0 spiro atoms. The molecule has 2 aliphatic rings. The minimum Gasteiger partial charge on any atom is -0.465 e. The molecule has 0 saturated heterocycles. The quantitative estimate of drug-likeness (QED) is 0.688. The van der Waals surface area contributed by atoms with E-state index in [1.807, 2.05) is 0 Å². The Labute approximate surface area is 122 Å². The monoisotopic (exact) mass is 293 g/mol. The Kier molecular flexibility index (Phi) is 3.78. The molecule has 1 saturated carbocycles. The number of anilines is 1. The number of fused-ring (bicyclic) bond motifs is 1. The Hall–Kier alpha value is -1.36. The van der Waals surface area contributed by atoms with Gasteiger partial charge in [-0.15, -0.1) is 11.3 Å². The van der Waals surface area contributed by atoms with Crippen molar-refractivity contribution in [3.63, 3.8) is 0 Å². The minimum atomic E-state index is -0.324. The maximum atomic E-state index is 12.1. The molecule has 0 atom stereocenters. The third-order valence-corrected chi connectivity index (χ3v) is 5.20. The van der Waals surface area contributed by atoms with E-state index in [0.29, 0.717) is 10.6 Å². The first-order valence-electron chi connectivity index (χ1n) is 7.24. The summed E-state index contributed by atoms with van der Waals surface area (Å²) in [6, 6.07) is 0. The lowest BCUT2D eigenvalue weighted by Gasteiger charge is -2.06. The van der Waals surface area contributed by atoms with Gasteiger partial charge in [0.25, 0.3) is 0 Å². The van der Waals surface area contributed by atoms with Gasteiger partial charge in [-0.25, -0.2) is 4.79 Å². The van der Waals surface area contributed by atoms with Crippen LogP contribution in [0.25, 0.3) is 0 Å². The second-order valence-corrected chi connectivity index (χ2v) is 6.63. The number of thiophene rings is 1. The average molecular weight is 293 g/mol. The molecule has 0 bridgehead atoms. The van der Waals surface area contributed by atoms with E-state index in [1.54, 1.807) is 11.3 Å². The van der Waals surface area contributed by atoms with Crippen LogP contribution in [0.4, 0.5) is 5.00 Å². The van der Waals surface area contributed by atoms with Crippen LogP contribution >= 0.6 is 11.3 Å². The zero-order valence-electron chi connectivity index (χ0n) is 11.7. The van der Waals surface area contributed by atoms with Gasteiger partial charge in [-0.2, -0.15) is 0 Å². The summed E-state index contributed by atoms with van der Waals surface area (Å²) in [5, 5.41) is 3.64. The summed E-state index contributed by atoms with van der Waals surface area (Å²) in [5.74, 6) is -0.135. The molecular weight excluding hydrogens is 274 g/mol. The Morgan fingerprint density at radius 3 is 2.65 bits per heavy atom. The highest BCUT2D eigenvalue weighted by atomic mass is 32.1. The summed E-state index contributed by atoms with van der Waals surface area (Å²) in [6.07, 6.45) is 7.30. The SMILES string of the molecule is COC(=O)c1c(NC(=O)C2CC2)sc2c1CCCCC2. The smallest absolute Gasteiger partial charge is 0.341 e. The number of hydrogen-bond acceptors (Lipinski definition) is 4. The van der Waals surface area contributed by atoms with Gasteiger partial charge in [-0.3, -0.25) is 4.79 Å². The number of amides is 1. The summed E-state index contributed by atoms with van der Waals surface area (Å²) >= 11 is 1.56. The number of methoxy groups -OCH3 is 1. The fourth-order valence-corrected chi connectivity index (χ4v) is 3.99. The van der Waals surface area contributed by atoms with E-state index in [-0.39, 0.29) is 17.8 Å². The molecule has 0 aromatic carbocycles. The van der Waals surface area contributed by atoms with Crippen LogP contribution in [0, 0.1) is 5.92 Å². The zero-order chi connectivity index (χ0) is 14.1. The molecule has 5 heteroatoms. The first kappa shape index (κ1) is 13.6. The Morgan fingerprint density at radius 1 is 1.20 bits per heavy atom. The molecule has 1 heterocycles. The van der Waals surface area contributed by atoms with Gasteiger partial charge in [0.1, 0.15) is 5.00 Å². The van der Waals surface area contributed by atoms with Crippen LogP contribution in [0.5, 0.6) is 0 Å². The highest BCUT2D eigenvalue weighted by Crippen LogP contribution is 2.39. The number of carbonyl (C=O) groups is 2. The summed E-state index contributed by atoms with van der Waals surface area (Å²) in [7, 11) is 1.40. The van der Waals surface area contributed by atoms with Gasteiger partial charge in [0, 0.05) is 10.8 Å². The van der Waals surface area contributed by atoms with E-state index >= 15 is 0 Å². The van der Waals surface area contributed by atoms with Crippen LogP contribution in [-0.2, 0) is 22.4 Å². The highest BCUT2D eigenvalue weighted by Gasteiger charge is 2.32. The molecule has 4 nitrogen and oxygen atoms in total. The van der Waals surface area contributed by atoms with Crippen molar-refractivity contribution in [1.82, 2.24) is 0 Å². The van der Waals surface area contributed by atoms with E-state index in [0.717, 1.165) is 44.1 Å². The molecule has 0 aliphatic heterocycles. The van der Waals surface area contributed by atoms with Crippen molar-refractivity contribution in [2.24, 2.45) is 5.92 Å². The van der Waals surface area contributed by atoms with Gasteiger partial charge >= 0.3 is 5.97 Å². The van der Waals surface area contributed by atoms with Crippen molar-refractivity contribution in [3.8, 4) is 0 Å². The van der Waals surface area contributed by atoms with Crippen LogP contribution in [0.2, 0.25) is 0 Å². The highest BCUT2D eigenvalue weighted by molar-refractivity contribution is 7.17. The minimum absolute atomic E-state index is 0.0477. The fraction of sp³-hybridized carbons (Fsp3) is 0.600. The van der Waals surface area contributed by atoms with Crippen molar-refractivity contribution in [1.29, 1.82) is 0 Å². The standard InChI is InChI=1S/C15H19NO3S/c1-19-15(18)12-10-5-3-2-4-6-11(10)20-14(12)16-13(17)9-7-8-9/h9H,2-8H2,1H3,(H,16,17). The van der Waals surface area contributed by atoms with Crippen LogP contribution in [0.1, 0.15) is 52.9 Å². The molecule has 0 radical (unpaired) electrons. The summed E-state index contributed by atoms with van der Waals surface area (Å²) in [5.41, 5.74) is 1.70. The molecule has 3 rings (SSSR count). The molecule has 1 fully saturated rings. The molecule has 1 aromatic heterocycles. The largest absolute Gasteiger partial charge is 0.465 e. The normalized spacial score (nSPS) is 18.1. The van der Waals surface area contributed by atoms with E-state index < -0.39 is 0 Å². The summed E-state index contributed by atoms with van der Waals surface area (Å²) in [4.78, 5) is 25.3. The lowest BCUT2D eigenvalue weighted by molar-refractivity contribution is -0.117. The fourth-order valence-electron chi connectivity index (χ4n) is 2.71. The van der Waals surface area contributed by atoms with Gasteiger partial charge in [-0.1, -0.05) is 6.42 Å². The van der Waals surface area contributed by atoms with Crippen molar-refractivity contribution in [2.75, 3.05) is 12.4 Å². The first-order valence-corrected chi connectivity index (χ1v) is 8.06. The molecule has 1 N–H and O–H groups in total. The number of esters is 1. The number of hydrogen-bond donors (Lipinski definition) is 1. The first-order chi connectivity index (χ1) is 9.70. The third-order valence-electron chi connectivity index (χ3n) is 4.00. The summed E-state index contributed by atoms with van der Waals surface area (Å²) in [6.45, 7) is 0. The van der Waals surface area contributed by atoms with Gasteiger partial charge in [0.15, 0.2) is 0 Å². The Bertz CT molecular complexity index is 546. The van der Waals surface area contributed by atoms with Crippen LogP contribution < -0.4 is 5.32 Å². The lowest BCUT2D eigenvalue weighted by atomic mass is 10.1. The third kappa shape index (κ3) is 2.59. The van der Waals surface area contributed by atoms with Gasteiger partial charge in [-0.05, 0) is 44.1 Å². The van der Waals surface area contributed by atoms with Gasteiger partial charge < -0.3 is 10.1 Å². The number of rotatable bonds is 3. The molecule has 108 valence electrons. The van der Waals surface area contributed by atoms with E-state index in [9.17, 15) is 9.59 Å². The summed E-state index contributed by atoms with van der Waals surface area (Å²) < 4.78 is 4.92. The molecule has 0 unspecified atom stereocenters. The molecule has 20 heavy (non-hydrogen) atoms.